The molecule has 1 aromatic heterocycles. The third kappa shape index (κ3) is 5.13. The molecule has 10 aromatic rings. The summed E-state index contributed by atoms with van der Waals surface area (Å²) in [6.07, 6.45) is 0. The molecule has 0 atom stereocenters. The largest absolute Gasteiger partial charge is 0.310 e. The Balaban J connectivity index is 1.13. The quantitative estimate of drug-likeness (QED) is 0.166. The van der Waals surface area contributed by atoms with E-state index >= 15 is 0 Å². The Kier molecular flexibility index (Phi) is 7.90. The van der Waals surface area contributed by atoms with E-state index in [9.17, 15) is 0 Å². The molecule has 1 aliphatic heterocycles. The van der Waals surface area contributed by atoms with Crippen LogP contribution in [0.4, 0.5) is 34.1 Å². The molecular weight excluding hydrogens is 753 g/mol. The van der Waals surface area contributed by atoms with E-state index < -0.39 is 5.41 Å². The van der Waals surface area contributed by atoms with Crippen LogP contribution in [0.2, 0.25) is 0 Å². The Labute approximate surface area is 352 Å². The van der Waals surface area contributed by atoms with Crippen LogP contribution in [0.25, 0.3) is 31.3 Å². The van der Waals surface area contributed by atoms with E-state index in [0.29, 0.717) is 0 Å². The Morgan fingerprint density at radius 1 is 0.356 bits per heavy atom. The van der Waals surface area contributed by atoms with Gasteiger partial charge in [-0.3, -0.25) is 0 Å². The highest BCUT2D eigenvalue weighted by molar-refractivity contribution is 7.99. The first-order chi connectivity index (χ1) is 29.3. The number of thiophene rings is 1. The lowest BCUT2D eigenvalue weighted by Crippen LogP contribution is -2.32. The zero-order valence-corrected chi connectivity index (χ0v) is 33.6. The van der Waals surface area contributed by atoms with E-state index in [1.807, 2.05) is 23.1 Å². The van der Waals surface area contributed by atoms with Gasteiger partial charge in [-0.05, 0) is 112 Å². The van der Waals surface area contributed by atoms with E-state index in [1.54, 1.807) is 0 Å². The smallest absolute Gasteiger partial charge is 0.0736 e. The molecule has 2 nitrogen and oxygen atoms in total. The fourth-order valence-corrected chi connectivity index (χ4v) is 12.1. The maximum Gasteiger partial charge on any atom is 0.0736 e. The molecule has 278 valence electrons. The van der Waals surface area contributed by atoms with Gasteiger partial charge in [-0.25, -0.2) is 0 Å². The Bertz CT molecular complexity index is 3120. The second-order valence-corrected chi connectivity index (χ2v) is 17.3. The van der Waals surface area contributed by atoms with Crippen LogP contribution < -0.4 is 9.80 Å². The molecule has 1 aliphatic carbocycles. The van der Waals surface area contributed by atoms with Gasteiger partial charge in [0.25, 0.3) is 0 Å². The minimum Gasteiger partial charge on any atom is -0.310 e. The van der Waals surface area contributed by atoms with Crippen LogP contribution in [0, 0.1) is 0 Å². The van der Waals surface area contributed by atoms with Crippen molar-refractivity contribution in [2.75, 3.05) is 9.80 Å². The normalized spacial score (nSPS) is 13.2. The zero-order valence-electron chi connectivity index (χ0n) is 32.0. The molecule has 59 heavy (non-hydrogen) atoms. The summed E-state index contributed by atoms with van der Waals surface area (Å²) < 4.78 is 2.53. The van der Waals surface area contributed by atoms with Gasteiger partial charge < -0.3 is 9.80 Å². The molecule has 2 heterocycles. The van der Waals surface area contributed by atoms with Crippen LogP contribution in [0.5, 0.6) is 0 Å². The molecule has 12 rings (SSSR count). The van der Waals surface area contributed by atoms with Crippen LogP contribution in [-0.2, 0) is 5.41 Å². The van der Waals surface area contributed by atoms with Gasteiger partial charge in [0, 0.05) is 52.7 Å². The van der Waals surface area contributed by atoms with Crippen molar-refractivity contribution >= 4 is 77.4 Å². The molecule has 0 unspecified atom stereocenters. The first kappa shape index (κ1) is 34.2. The third-order valence-corrected chi connectivity index (χ3v) is 14.4. The first-order valence-corrected chi connectivity index (χ1v) is 21.7. The molecule has 9 aromatic carbocycles. The average molecular weight is 789 g/mol. The lowest BCUT2D eigenvalue weighted by molar-refractivity contribution is 0.722. The predicted molar refractivity (Wildman–Crippen MR) is 250 cm³/mol. The topological polar surface area (TPSA) is 6.48 Å². The van der Waals surface area contributed by atoms with E-state index in [4.69, 9.17) is 0 Å². The minimum atomic E-state index is -0.461. The summed E-state index contributed by atoms with van der Waals surface area (Å²) in [6, 6.07) is 80.3. The SMILES string of the molecule is c1ccc(N(c2ccccc2)c2ccc3sc4cccc(N(c5ccccc5)c5cccc6c5Sc5ccccc5C65c6ccccc6-c6ccccc65)c4c3c2)cc1. The van der Waals surface area contributed by atoms with Gasteiger partial charge in [0.05, 0.1) is 16.8 Å². The lowest BCUT2D eigenvalue weighted by Gasteiger charge is -2.41. The van der Waals surface area contributed by atoms with Crippen molar-refractivity contribution < 1.29 is 0 Å². The summed E-state index contributed by atoms with van der Waals surface area (Å²) in [5.74, 6) is 0. The van der Waals surface area contributed by atoms with Gasteiger partial charge in [-0.1, -0.05) is 151 Å². The van der Waals surface area contributed by atoms with Crippen molar-refractivity contribution in [1.82, 2.24) is 0 Å². The molecular formula is C55H36N2S2. The fourth-order valence-electron chi connectivity index (χ4n) is 9.75. The van der Waals surface area contributed by atoms with Crippen LogP contribution in [0.1, 0.15) is 22.3 Å². The predicted octanol–water partition coefficient (Wildman–Crippen LogP) is 15.8. The van der Waals surface area contributed by atoms with Crippen molar-refractivity contribution in [2.45, 2.75) is 15.2 Å². The molecule has 2 aliphatic rings. The highest BCUT2D eigenvalue weighted by atomic mass is 32.2. The molecule has 0 bridgehead atoms. The average Bonchev–Trinajstić information content (AvgIpc) is 3.82. The summed E-state index contributed by atoms with van der Waals surface area (Å²) >= 11 is 3.77. The zero-order chi connectivity index (χ0) is 38.9. The number of anilines is 6. The molecule has 0 fully saturated rings. The van der Waals surface area contributed by atoms with Gasteiger partial charge in [-0.15, -0.1) is 11.3 Å². The van der Waals surface area contributed by atoms with Gasteiger partial charge in [0.1, 0.15) is 0 Å². The van der Waals surface area contributed by atoms with Gasteiger partial charge in [0.15, 0.2) is 0 Å². The van der Waals surface area contributed by atoms with Crippen molar-refractivity contribution in [3.63, 3.8) is 0 Å². The van der Waals surface area contributed by atoms with Crippen molar-refractivity contribution in [3.05, 3.63) is 241 Å². The molecule has 4 heteroatoms. The highest BCUT2D eigenvalue weighted by Crippen LogP contribution is 2.64. The maximum absolute atomic E-state index is 2.52. The molecule has 0 radical (unpaired) electrons. The summed E-state index contributed by atoms with van der Waals surface area (Å²) in [4.78, 5) is 7.45. The first-order valence-electron chi connectivity index (χ1n) is 20.1. The van der Waals surface area contributed by atoms with Crippen molar-refractivity contribution in [3.8, 4) is 11.1 Å². The monoisotopic (exact) mass is 788 g/mol. The number of hydrogen-bond donors (Lipinski definition) is 0. The van der Waals surface area contributed by atoms with Crippen LogP contribution in [-0.4, -0.2) is 0 Å². The highest BCUT2D eigenvalue weighted by Gasteiger charge is 2.50. The maximum atomic E-state index is 2.52. The molecule has 0 saturated heterocycles. The van der Waals surface area contributed by atoms with E-state index in [0.717, 1.165) is 28.4 Å². The number of benzene rings is 9. The Morgan fingerprint density at radius 3 is 1.54 bits per heavy atom. The second kappa shape index (κ2) is 13.6. The van der Waals surface area contributed by atoms with E-state index in [2.05, 4.69) is 228 Å². The Hall–Kier alpha value is -6.85. The van der Waals surface area contributed by atoms with Gasteiger partial charge >= 0.3 is 0 Å². The molecule has 0 N–H and O–H groups in total. The number of fused-ring (bicyclic) bond motifs is 12. The number of hydrogen-bond acceptors (Lipinski definition) is 4. The molecule has 0 amide bonds. The minimum absolute atomic E-state index is 0.461. The number of nitrogens with zero attached hydrogens (tertiary/aromatic N) is 2. The molecule has 1 spiro atoms. The summed E-state index contributed by atoms with van der Waals surface area (Å²) in [6.45, 7) is 0. The second-order valence-electron chi connectivity index (χ2n) is 15.2. The third-order valence-electron chi connectivity index (χ3n) is 12.1. The van der Waals surface area contributed by atoms with Crippen LogP contribution in [0.3, 0.4) is 0 Å². The summed E-state index contributed by atoms with van der Waals surface area (Å²) in [5, 5.41) is 2.50. The standard InChI is InChI=1S/C55H36N2S2/c1-4-18-37(19-5-1)56(38-20-6-2-7-21-38)40-34-35-50-43(36-40)53-48(30-17-33-52(53)58-50)57(39-22-8-3-9-23-39)49-31-16-29-47-54(49)59-51-32-15-14-28-46(51)55(47)44-26-12-10-24-41(44)42-25-11-13-27-45(42)55/h1-36H. The van der Waals surface area contributed by atoms with E-state index in [-0.39, 0.29) is 0 Å². The summed E-state index contributed by atoms with van der Waals surface area (Å²) in [5.41, 5.74) is 14.4. The summed E-state index contributed by atoms with van der Waals surface area (Å²) in [7, 11) is 0. The van der Waals surface area contributed by atoms with Crippen molar-refractivity contribution in [2.24, 2.45) is 0 Å². The fraction of sp³-hybridized carbons (Fsp3) is 0.0182. The Morgan fingerprint density at radius 2 is 0.881 bits per heavy atom. The molecule has 0 saturated carbocycles. The van der Waals surface area contributed by atoms with Crippen LogP contribution >= 0.6 is 23.1 Å². The number of para-hydroxylation sites is 3. The van der Waals surface area contributed by atoms with E-state index in [1.165, 1.54) is 69.0 Å². The van der Waals surface area contributed by atoms with Gasteiger partial charge in [-0.2, -0.15) is 0 Å². The van der Waals surface area contributed by atoms with Gasteiger partial charge in [0.2, 0.25) is 0 Å². The van der Waals surface area contributed by atoms with Crippen molar-refractivity contribution in [1.29, 1.82) is 0 Å². The number of rotatable bonds is 6. The lowest BCUT2D eigenvalue weighted by atomic mass is 9.67. The van der Waals surface area contributed by atoms with Crippen LogP contribution in [0.15, 0.2) is 228 Å².